The molecule has 0 unspecified atom stereocenters. The van der Waals surface area contributed by atoms with Crippen LogP contribution in [0.25, 0.3) is 0 Å². The number of Topliss-reactive ketones (excluding diaryl/α,β-unsaturated/α-hetero) is 1. The van der Waals surface area contributed by atoms with Gasteiger partial charge in [0, 0.05) is 17.3 Å². The van der Waals surface area contributed by atoms with Crippen LogP contribution in [0.2, 0.25) is 0 Å². The first-order chi connectivity index (χ1) is 7.63. The van der Waals surface area contributed by atoms with Crippen molar-refractivity contribution in [2.45, 2.75) is 33.1 Å². The van der Waals surface area contributed by atoms with Crippen molar-refractivity contribution < 1.29 is 4.79 Å². The number of carbonyl (C=O) groups excluding carboxylic acids is 1. The van der Waals surface area contributed by atoms with E-state index in [1.165, 1.54) is 5.56 Å². The van der Waals surface area contributed by atoms with Gasteiger partial charge in [0.05, 0.1) is 0 Å². The predicted octanol–water partition coefficient (Wildman–Crippen LogP) is 4.24. The molecule has 0 saturated heterocycles. The normalized spacial score (nSPS) is 10.8. The van der Waals surface area contributed by atoms with Crippen molar-refractivity contribution in [3.63, 3.8) is 0 Å². The summed E-state index contributed by atoms with van der Waals surface area (Å²) < 4.78 is 0. The number of hydrogen-bond acceptors (Lipinski definition) is 1. The van der Waals surface area contributed by atoms with Crippen LogP contribution in [0.5, 0.6) is 0 Å². The molecule has 0 aliphatic heterocycles. The summed E-state index contributed by atoms with van der Waals surface area (Å²) >= 11 is 3.34. The van der Waals surface area contributed by atoms with Crippen LogP contribution >= 0.6 is 15.9 Å². The second kappa shape index (κ2) is 6.85. The lowest BCUT2D eigenvalue weighted by molar-refractivity contribution is 0.0982. The maximum absolute atomic E-state index is 11.7. The summed E-state index contributed by atoms with van der Waals surface area (Å²) in [5.74, 6) is 0.908. The molecule has 1 aromatic rings. The lowest BCUT2D eigenvalue weighted by Gasteiger charge is -2.05. The molecule has 0 saturated carbocycles. The van der Waals surface area contributed by atoms with E-state index in [1.54, 1.807) is 0 Å². The molecular weight excluding hydrogens is 264 g/mol. The quantitative estimate of drug-likeness (QED) is 0.563. The van der Waals surface area contributed by atoms with Crippen LogP contribution in [0, 0.1) is 5.92 Å². The molecule has 0 aliphatic rings. The number of rotatable bonds is 6. The molecular formula is C14H19BrO. The van der Waals surface area contributed by atoms with Crippen LogP contribution in [0.4, 0.5) is 0 Å². The maximum Gasteiger partial charge on any atom is 0.162 e. The Morgan fingerprint density at radius 2 is 1.88 bits per heavy atom. The molecule has 0 atom stereocenters. The lowest BCUT2D eigenvalue weighted by Crippen LogP contribution is -2.00. The van der Waals surface area contributed by atoms with Gasteiger partial charge in [-0.05, 0) is 24.3 Å². The fraction of sp³-hybridized carbons (Fsp3) is 0.500. The molecule has 0 N–H and O–H groups in total. The highest BCUT2D eigenvalue weighted by molar-refractivity contribution is 9.09. The SMILES string of the molecule is CC(C)Cc1ccc(C(=O)CCCBr)cc1. The Labute approximate surface area is 106 Å². The first-order valence-corrected chi connectivity index (χ1v) is 6.93. The van der Waals surface area contributed by atoms with Crippen LogP contribution in [-0.4, -0.2) is 11.1 Å². The molecule has 2 heteroatoms. The number of alkyl halides is 1. The molecule has 0 aromatic heterocycles. The van der Waals surface area contributed by atoms with Gasteiger partial charge in [0.25, 0.3) is 0 Å². The number of benzene rings is 1. The smallest absolute Gasteiger partial charge is 0.162 e. The topological polar surface area (TPSA) is 17.1 Å². The Morgan fingerprint density at radius 1 is 1.25 bits per heavy atom. The van der Waals surface area contributed by atoms with Crippen molar-refractivity contribution in [3.05, 3.63) is 35.4 Å². The highest BCUT2D eigenvalue weighted by atomic mass is 79.9. The third-order valence-corrected chi connectivity index (χ3v) is 3.02. The van der Waals surface area contributed by atoms with E-state index >= 15 is 0 Å². The molecule has 0 bridgehead atoms. The highest BCUT2D eigenvalue weighted by Gasteiger charge is 2.05. The summed E-state index contributed by atoms with van der Waals surface area (Å²) in [7, 11) is 0. The minimum Gasteiger partial charge on any atom is -0.294 e. The third-order valence-electron chi connectivity index (χ3n) is 2.46. The number of halogens is 1. The van der Waals surface area contributed by atoms with E-state index in [1.807, 2.05) is 12.1 Å². The van der Waals surface area contributed by atoms with Crippen LogP contribution in [0.3, 0.4) is 0 Å². The highest BCUT2D eigenvalue weighted by Crippen LogP contribution is 2.12. The fourth-order valence-electron chi connectivity index (χ4n) is 1.67. The monoisotopic (exact) mass is 282 g/mol. The van der Waals surface area contributed by atoms with E-state index in [0.717, 1.165) is 23.7 Å². The van der Waals surface area contributed by atoms with Crippen LogP contribution in [-0.2, 0) is 6.42 Å². The average molecular weight is 283 g/mol. The first-order valence-electron chi connectivity index (χ1n) is 5.81. The second-order valence-electron chi connectivity index (χ2n) is 4.51. The largest absolute Gasteiger partial charge is 0.294 e. The Bertz CT molecular complexity index is 327. The Hall–Kier alpha value is -0.630. The molecule has 0 fully saturated rings. The van der Waals surface area contributed by atoms with E-state index < -0.39 is 0 Å². The molecule has 1 rings (SSSR count). The van der Waals surface area contributed by atoms with Gasteiger partial charge in [-0.3, -0.25) is 4.79 Å². The van der Waals surface area contributed by atoms with Crippen molar-refractivity contribution in [2.24, 2.45) is 5.92 Å². The van der Waals surface area contributed by atoms with Crippen LogP contribution < -0.4 is 0 Å². The van der Waals surface area contributed by atoms with E-state index in [2.05, 4.69) is 41.9 Å². The van der Waals surface area contributed by atoms with Crippen molar-refractivity contribution in [2.75, 3.05) is 5.33 Å². The summed E-state index contributed by atoms with van der Waals surface area (Å²) in [6.07, 6.45) is 2.62. The molecule has 88 valence electrons. The number of ketones is 1. The minimum absolute atomic E-state index is 0.246. The molecule has 0 aliphatic carbocycles. The van der Waals surface area contributed by atoms with Crippen molar-refractivity contribution in [3.8, 4) is 0 Å². The standard InChI is InChI=1S/C14H19BrO/c1-11(2)10-12-5-7-13(8-6-12)14(16)4-3-9-15/h5-8,11H,3-4,9-10H2,1-2H3. The Kier molecular flexibility index (Phi) is 5.75. The fourth-order valence-corrected chi connectivity index (χ4v) is 1.95. The summed E-state index contributed by atoms with van der Waals surface area (Å²) in [6.45, 7) is 4.41. The zero-order valence-corrected chi connectivity index (χ0v) is 11.6. The van der Waals surface area contributed by atoms with Crippen molar-refractivity contribution in [1.29, 1.82) is 0 Å². The Balaban J connectivity index is 2.60. The zero-order valence-electron chi connectivity index (χ0n) is 10.0. The summed E-state index contributed by atoms with van der Waals surface area (Å²) in [5, 5.41) is 0.893. The van der Waals surface area contributed by atoms with Crippen LogP contribution in [0.1, 0.15) is 42.6 Å². The summed E-state index contributed by atoms with van der Waals surface area (Å²) in [5.41, 5.74) is 2.15. The second-order valence-corrected chi connectivity index (χ2v) is 5.30. The van der Waals surface area contributed by atoms with Gasteiger partial charge in [0.15, 0.2) is 5.78 Å². The van der Waals surface area contributed by atoms with Crippen molar-refractivity contribution in [1.82, 2.24) is 0 Å². The van der Waals surface area contributed by atoms with Gasteiger partial charge in [-0.1, -0.05) is 54.0 Å². The van der Waals surface area contributed by atoms with Crippen molar-refractivity contribution >= 4 is 21.7 Å². The van der Waals surface area contributed by atoms with E-state index in [4.69, 9.17) is 0 Å². The van der Waals surface area contributed by atoms with Gasteiger partial charge in [-0.15, -0.1) is 0 Å². The number of carbonyl (C=O) groups is 1. The lowest BCUT2D eigenvalue weighted by atomic mass is 10.00. The van der Waals surface area contributed by atoms with Gasteiger partial charge in [-0.2, -0.15) is 0 Å². The van der Waals surface area contributed by atoms with Gasteiger partial charge in [0.2, 0.25) is 0 Å². The first kappa shape index (κ1) is 13.4. The van der Waals surface area contributed by atoms with E-state index in [0.29, 0.717) is 12.3 Å². The maximum atomic E-state index is 11.7. The van der Waals surface area contributed by atoms with Gasteiger partial charge >= 0.3 is 0 Å². The Morgan fingerprint density at radius 3 is 2.38 bits per heavy atom. The van der Waals surface area contributed by atoms with Crippen LogP contribution in [0.15, 0.2) is 24.3 Å². The average Bonchev–Trinajstić information content (AvgIpc) is 2.26. The summed E-state index contributed by atoms with van der Waals surface area (Å²) in [6, 6.07) is 8.05. The molecule has 0 amide bonds. The number of hydrogen-bond donors (Lipinski definition) is 0. The molecule has 16 heavy (non-hydrogen) atoms. The minimum atomic E-state index is 0.246. The molecule has 0 heterocycles. The molecule has 0 spiro atoms. The van der Waals surface area contributed by atoms with E-state index in [9.17, 15) is 4.79 Å². The molecule has 1 nitrogen and oxygen atoms in total. The van der Waals surface area contributed by atoms with Gasteiger partial charge < -0.3 is 0 Å². The van der Waals surface area contributed by atoms with Gasteiger partial charge in [-0.25, -0.2) is 0 Å². The van der Waals surface area contributed by atoms with Gasteiger partial charge in [0.1, 0.15) is 0 Å². The molecule has 0 radical (unpaired) electrons. The third kappa shape index (κ3) is 4.48. The zero-order chi connectivity index (χ0) is 12.0. The van der Waals surface area contributed by atoms with E-state index in [-0.39, 0.29) is 5.78 Å². The molecule has 1 aromatic carbocycles. The predicted molar refractivity (Wildman–Crippen MR) is 72.3 cm³/mol. The summed E-state index contributed by atoms with van der Waals surface area (Å²) in [4.78, 5) is 11.7.